The van der Waals surface area contributed by atoms with Crippen molar-refractivity contribution in [3.05, 3.63) is 71.9 Å². The maximum Gasteiger partial charge on any atom is 0.240 e. The lowest BCUT2D eigenvalue weighted by Crippen LogP contribution is -2.15. The highest BCUT2D eigenvalue weighted by atomic mass is 32.2. The van der Waals surface area contributed by atoms with Gasteiger partial charge in [-0.05, 0) is 48.9 Å². The van der Waals surface area contributed by atoms with Crippen LogP contribution in [0.2, 0.25) is 0 Å². The Morgan fingerprint density at radius 1 is 1.20 bits per heavy atom. The maximum atomic E-state index is 13.7. The Kier molecular flexibility index (Phi) is 4.88. The molecule has 0 saturated carbocycles. The number of phenols is 1. The molecule has 0 aliphatic heterocycles. The zero-order chi connectivity index (χ0) is 21.5. The Morgan fingerprint density at radius 3 is 2.63 bits per heavy atom. The first-order valence-electron chi connectivity index (χ1n) is 8.92. The Bertz CT molecular complexity index is 1350. The molecule has 0 bridgehead atoms. The van der Waals surface area contributed by atoms with Crippen LogP contribution in [0.25, 0.3) is 16.9 Å². The number of imidazole rings is 1. The first kappa shape index (κ1) is 19.8. The summed E-state index contributed by atoms with van der Waals surface area (Å²) in [6.07, 6.45) is 3.39. The summed E-state index contributed by atoms with van der Waals surface area (Å²) >= 11 is 0. The molecule has 4 aromatic rings. The predicted molar refractivity (Wildman–Crippen MR) is 110 cm³/mol. The van der Waals surface area contributed by atoms with Gasteiger partial charge >= 0.3 is 0 Å². The monoisotopic (exact) mass is 427 g/mol. The first-order chi connectivity index (χ1) is 14.2. The summed E-state index contributed by atoms with van der Waals surface area (Å²) in [5.41, 5.74) is 3.60. The molecule has 2 aromatic heterocycles. The van der Waals surface area contributed by atoms with Crippen LogP contribution in [0, 0.1) is 12.7 Å². The SMILES string of the molecule is Cc1nc2c(NCc3ccc(F)c(S(N)(=O)=O)c3)nccn2c1-c1ccc(O)cc1. The second-order valence-electron chi connectivity index (χ2n) is 6.73. The van der Waals surface area contributed by atoms with E-state index in [4.69, 9.17) is 5.14 Å². The van der Waals surface area contributed by atoms with Crippen molar-refractivity contribution in [1.82, 2.24) is 14.4 Å². The molecule has 0 atom stereocenters. The van der Waals surface area contributed by atoms with Gasteiger partial charge in [0.15, 0.2) is 11.5 Å². The Labute approximate surface area is 171 Å². The molecule has 0 aliphatic carbocycles. The summed E-state index contributed by atoms with van der Waals surface area (Å²) in [5, 5.41) is 17.7. The summed E-state index contributed by atoms with van der Waals surface area (Å²) in [7, 11) is -4.16. The zero-order valence-electron chi connectivity index (χ0n) is 15.9. The molecule has 0 fully saturated rings. The van der Waals surface area contributed by atoms with Gasteiger partial charge in [-0.25, -0.2) is 27.9 Å². The number of hydrogen-bond donors (Lipinski definition) is 3. The Morgan fingerprint density at radius 2 is 1.93 bits per heavy atom. The van der Waals surface area contributed by atoms with Gasteiger partial charge in [-0.3, -0.25) is 4.40 Å². The van der Waals surface area contributed by atoms with Crippen LogP contribution in [0.4, 0.5) is 10.2 Å². The van der Waals surface area contributed by atoms with Crippen LogP contribution in [-0.2, 0) is 16.6 Å². The molecule has 10 heteroatoms. The number of hydrogen-bond acceptors (Lipinski definition) is 6. The van der Waals surface area contributed by atoms with Gasteiger partial charge in [0.2, 0.25) is 10.0 Å². The molecule has 154 valence electrons. The highest BCUT2D eigenvalue weighted by Gasteiger charge is 2.16. The third-order valence-electron chi connectivity index (χ3n) is 4.62. The number of sulfonamides is 1. The number of aryl methyl sites for hydroxylation is 1. The number of aromatic nitrogens is 3. The smallest absolute Gasteiger partial charge is 0.240 e. The second-order valence-corrected chi connectivity index (χ2v) is 8.26. The average Bonchev–Trinajstić information content (AvgIpc) is 3.03. The van der Waals surface area contributed by atoms with Crippen LogP contribution in [0.5, 0.6) is 5.75 Å². The molecule has 4 rings (SSSR count). The number of rotatable bonds is 5. The van der Waals surface area contributed by atoms with E-state index in [9.17, 15) is 17.9 Å². The van der Waals surface area contributed by atoms with Gasteiger partial charge in [0.25, 0.3) is 0 Å². The third kappa shape index (κ3) is 3.70. The van der Waals surface area contributed by atoms with E-state index in [-0.39, 0.29) is 12.3 Å². The fourth-order valence-electron chi connectivity index (χ4n) is 3.24. The van der Waals surface area contributed by atoms with Gasteiger partial charge < -0.3 is 10.4 Å². The molecule has 0 spiro atoms. The van der Waals surface area contributed by atoms with Crippen molar-refractivity contribution in [2.75, 3.05) is 5.32 Å². The summed E-state index contributed by atoms with van der Waals surface area (Å²) in [4.78, 5) is 8.36. The van der Waals surface area contributed by atoms with Crippen molar-refractivity contribution >= 4 is 21.5 Å². The molecule has 0 radical (unpaired) electrons. The molecule has 2 aromatic carbocycles. The van der Waals surface area contributed by atoms with E-state index < -0.39 is 20.7 Å². The summed E-state index contributed by atoms with van der Waals surface area (Å²) < 4.78 is 38.7. The van der Waals surface area contributed by atoms with Crippen LogP contribution in [0.3, 0.4) is 0 Å². The number of benzene rings is 2. The van der Waals surface area contributed by atoms with E-state index in [1.807, 2.05) is 11.3 Å². The summed E-state index contributed by atoms with van der Waals surface area (Å²) in [6, 6.07) is 10.5. The van der Waals surface area contributed by atoms with E-state index in [1.54, 1.807) is 36.7 Å². The van der Waals surface area contributed by atoms with Gasteiger partial charge in [0.1, 0.15) is 16.5 Å². The molecule has 4 N–H and O–H groups in total. The lowest BCUT2D eigenvalue weighted by molar-refractivity contribution is 0.475. The minimum absolute atomic E-state index is 0.174. The molecule has 0 unspecified atom stereocenters. The van der Waals surface area contributed by atoms with E-state index in [0.29, 0.717) is 17.0 Å². The summed E-state index contributed by atoms with van der Waals surface area (Å²) in [6.45, 7) is 2.06. The molecule has 8 nitrogen and oxygen atoms in total. The standard InChI is InChI=1S/C20H18FN5O3S/c1-12-18(14-3-5-15(27)6-4-14)26-9-8-23-19(20(26)25-12)24-11-13-2-7-16(21)17(10-13)30(22,28)29/h2-10,27H,11H2,1H3,(H,23,24)(H2,22,28,29). The quantitative estimate of drug-likeness (QED) is 0.450. The van der Waals surface area contributed by atoms with Crippen molar-refractivity contribution in [2.45, 2.75) is 18.4 Å². The van der Waals surface area contributed by atoms with Crippen LogP contribution in [-0.4, -0.2) is 27.9 Å². The van der Waals surface area contributed by atoms with E-state index in [2.05, 4.69) is 15.3 Å². The number of nitrogens with two attached hydrogens (primary N) is 1. The molecular formula is C20H18FN5O3S. The van der Waals surface area contributed by atoms with Crippen molar-refractivity contribution < 1.29 is 17.9 Å². The number of aromatic hydroxyl groups is 1. The van der Waals surface area contributed by atoms with Crippen LogP contribution in [0.1, 0.15) is 11.3 Å². The number of halogens is 1. The minimum Gasteiger partial charge on any atom is -0.508 e. The molecule has 30 heavy (non-hydrogen) atoms. The number of nitrogens with one attached hydrogen (secondary N) is 1. The van der Waals surface area contributed by atoms with Crippen LogP contribution < -0.4 is 10.5 Å². The highest BCUT2D eigenvalue weighted by Crippen LogP contribution is 2.28. The zero-order valence-corrected chi connectivity index (χ0v) is 16.7. The maximum absolute atomic E-state index is 13.7. The highest BCUT2D eigenvalue weighted by molar-refractivity contribution is 7.89. The van der Waals surface area contributed by atoms with Crippen molar-refractivity contribution in [3.8, 4) is 17.0 Å². The lowest BCUT2D eigenvalue weighted by Gasteiger charge is -2.09. The van der Waals surface area contributed by atoms with Gasteiger partial charge in [-0.1, -0.05) is 6.07 Å². The van der Waals surface area contributed by atoms with Gasteiger partial charge in [0, 0.05) is 24.5 Å². The van der Waals surface area contributed by atoms with Crippen molar-refractivity contribution in [2.24, 2.45) is 5.14 Å². The van der Waals surface area contributed by atoms with E-state index in [1.165, 1.54) is 12.1 Å². The fraction of sp³-hybridized carbons (Fsp3) is 0.100. The molecule has 0 saturated heterocycles. The van der Waals surface area contributed by atoms with Crippen LogP contribution in [0.15, 0.2) is 59.8 Å². The fourth-order valence-corrected chi connectivity index (χ4v) is 3.90. The Hall–Kier alpha value is -3.50. The normalized spacial score (nSPS) is 11.7. The first-order valence-corrected chi connectivity index (χ1v) is 10.5. The second kappa shape index (κ2) is 7.39. The molecule has 0 aliphatic rings. The third-order valence-corrected chi connectivity index (χ3v) is 5.55. The van der Waals surface area contributed by atoms with E-state index >= 15 is 0 Å². The number of primary sulfonamides is 1. The lowest BCUT2D eigenvalue weighted by atomic mass is 10.1. The van der Waals surface area contributed by atoms with Gasteiger partial charge in [-0.2, -0.15) is 0 Å². The molecule has 0 amide bonds. The average molecular weight is 427 g/mol. The van der Waals surface area contributed by atoms with Crippen molar-refractivity contribution in [3.63, 3.8) is 0 Å². The van der Waals surface area contributed by atoms with Crippen LogP contribution >= 0.6 is 0 Å². The number of phenolic OH excluding ortho intramolecular Hbond substituents is 1. The number of anilines is 1. The summed E-state index contributed by atoms with van der Waals surface area (Å²) in [5.74, 6) is -0.247. The minimum atomic E-state index is -4.16. The largest absolute Gasteiger partial charge is 0.508 e. The number of fused-ring (bicyclic) bond motifs is 1. The molecule has 2 heterocycles. The van der Waals surface area contributed by atoms with Gasteiger partial charge in [-0.15, -0.1) is 0 Å². The van der Waals surface area contributed by atoms with Gasteiger partial charge in [0.05, 0.1) is 11.4 Å². The molecular weight excluding hydrogens is 409 g/mol. The number of nitrogens with zero attached hydrogens (tertiary/aromatic N) is 3. The van der Waals surface area contributed by atoms with Crippen molar-refractivity contribution in [1.29, 1.82) is 0 Å². The topological polar surface area (TPSA) is 123 Å². The Balaban J connectivity index is 1.68. The predicted octanol–water partition coefficient (Wildman–Crippen LogP) is 2.81. The van der Waals surface area contributed by atoms with E-state index in [0.717, 1.165) is 23.0 Å².